The van der Waals surface area contributed by atoms with Gasteiger partial charge in [-0.15, -0.1) is 0 Å². The molecule has 0 aromatic carbocycles. The summed E-state index contributed by atoms with van der Waals surface area (Å²) in [5.41, 5.74) is 3.15. The summed E-state index contributed by atoms with van der Waals surface area (Å²) in [6.07, 6.45) is 0.162. The van der Waals surface area contributed by atoms with Gasteiger partial charge in [0.1, 0.15) is 5.60 Å². The minimum atomic E-state index is -1.72. The van der Waals surface area contributed by atoms with E-state index in [0.717, 1.165) is 0 Å². The maximum absolute atomic E-state index is 11.5. The Bertz CT molecular complexity index is 253. The van der Waals surface area contributed by atoms with Crippen LogP contribution in [0.3, 0.4) is 0 Å². The first-order valence-electron chi connectivity index (χ1n) is 4.82. The molecule has 2 N–H and O–H groups in total. The normalized spacial score (nSPS) is 15.3. The van der Waals surface area contributed by atoms with Crippen molar-refractivity contribution < 1.29 is 19.1 Å². The second-order valence-electron chi connectivity index (χ2n) is 4.44. The van der Waals surface area contributed by atoms with Gasteiger partial charge < -0.3 is 9.47 Å². The second kappa shape index (κ2) is 4.61. The van der Waals surface area contributed by atoms with Gasteiger partial charge in [-0.05, 0) is 20.8 Å². The Balaban J connectivity index is 4.46. The number of carbonyl (C=O) groups excluding carboxylic acids is 2. The number of hydrogen-bond acceptors (Lipinski definition) is 5. The lowest BCUT2D eigenvalue weighted by atomic mass is 10.2. The Kier molecular flexibility index (Phi) is 4.27. The van der Waals surface area contributed by atoms with E-state index in [0.29, 0.717) is 0 Å². The van der Waals surface area contributed by atoms with Crippen LogP contribution in [0.15, 0.2) is 0 Å². The predicted octanol–water partition coefficient (Wildman–Crippen LogP) is 0.956. The standard InChI is InChI=1S/C10H19NO4/c1-6-7(12)14-10(5,11)8(13)15-9(2,3)4/h6,11H2,1-5H3. The molecule has 5 nitrogen and oxygen atoms in total. The fraction of sp³-hybridized carbons (Fsp3) is 0.800. The number of hydrogen-bond donors (Lipinski definition) is 1. The fourth-order valence-corrected chi connectivity index (χ4v) is 0.730. The molecule has 5 heteroatoms. The Morgan fingerprint density at radius 1 is 1.13 bits per heavy atom. The van der Waals surface area contributed by atoms with E-state index in [1.807, 2.05) is 0 Å². The third-order valence-corrected chi connectivity index (χ3v) is 1.42. The van der Waals surface area contributed by atoms with Crippen molar-refractivity contribution in [1.29, 1.82) is 0 Å². The van der Waals surface area contributed by atoms with Crippen molar-refractivity contribution in [2.45, 2.75) is 52.4 Å². The Morgan fingerprint density at radius 3 is 1.93 bits per heavy atom. The Labute approximate surface area is 89.9 Å². The van der Waals surface area contributed by atoms with E-state index >= 15 is 0 Å². The smallest absolute Gasteiger partial charge is 0.366 e. The number of carbonyl (C=O) groups is 2. The molecule has 0 aliphatic heterocycles. The van der Waals surface area contributed by atoms with Crippen LogP contribution in [0.4, 0.5) is 0 Å². The Morgan fingerprint density at radius 2 is 1.60 bits per heavy atom. The number of esters is 2. The van der Waals surface area contributed by atoms with Crippen molar-refractivity contribution >= 4 is 11.9 Å². The van der Waals surface area contributed by atoms with E-state index in [1.54, 1.807) is 27.7 Å². The molecule has 0 amide bonds. The van der Waals surface area contributed by atoms with Crippen LogP contribution < -0.4 is 5.73 Å². The van der Waals surface area contributed by atoms with Crippen LogP contribution >= 0.6 is 0 Å². The number of ether oxygens (including phenoxy) is 2. The summed E-state index contributed by atoms with van der Waals surface area (Å²) >= 11 is 0. The van der Waals surface area contributed by atoms with Gasteiger partial charge in [-0.1, -0.05) is 6.92 Å². The zero-order valence-corrected chi connectivity index (χ0v) is 9.92. The van der Waals surface area contributed by atoms with Crippen LogP contribution in [-0.2, 0) is 19.1 Å². The molecular formula is C10H19NO4. The molecule has 0 spiro atoms. The lowest BCUT2D eigenvalue weighted by Gasteiger charge is -2.27. The summed E-state index contributed by atoms with van der Waals surface area (Å²) in [6, 6.07) is 0. The minimum absolute atomic E-state index is 0.162. The van der Waals surface area contributed by atoms with Crippen LogP contribution in [0.1, 0.15) is 41.0 Å². The van der Waals surface area contributed by atoms with Crippen molar-refractivity contribution in [1.82, 2.24) is 0 Å². The molecule has 15 heavy (non-hydrogen) atoms. The summed E-state index contributed by atoms with van der Waals surface area (Å²) in [5.74, 6) is -1.29. The molecule has 0 radical (unpaired) electrons. The maximum atomic E-state index is 11.5. The third-order valence-electron chi connectivity index (χ3n) is 1.42. The highest BCUT2D eigenvalue weighted by atomic mass is 16.6. The number of nitrogens with two attached hydrogens (primary N) is 1. The average Bonchev–Trinajstić information content (AvgIpc) is 2.00. The van der Waals surface area contributed by atoms with Crippen molar-refractivity contribution in [3.63, 3.8) is 0 Å². The third kappa shape index (κ3) is 5.37. The highest BCUT2D eigenvalue weighted by Crippen LogP contribution is 2.14. The molecule has 1 atom stereocenters. The highest BCUT2D eigenvalue weighted by Gasteiger charge is 2.36. The van der Waals surface area contributed by atoms with Gasteiger partial charge in [0.15, 0.2) is 0 Å². The van der Waals surface area contributed by atoms with Crippen molar-refractivity contribution in [2.24, 2.45) is 5.73 Å². The van der Waals surface area contributed by atoms with Crippen molar-refractivity contribution in [2.75, 3.05) is 0 Å². The maximum Gasteiger partial charge on any atom is 0.366 e. The van der Waals surface area contributed by atoms with Gasteiger partial charge in [0, 0.05) is 13.3 Å². The molecule has 0 rings (SSSR count). The summed E-state index contributed by atoms with van der Waals surface area (Å²) < 4.78 is 9.77. The van der Waals surface area contributed by atoms with Crippen LogP contribution in [0.2, 0.25) is 0 Å². The van der Waals surface area contributed by atoms with Crippen LogP contribution in [-0.4, -0.2) is 23.3 Å². The zero-order valence-electron chi connectivity index (χ0n) is 9.92. The van der Waals surface area contributed by atoms with Crippen LogP contribution in [0.5, 0.6) is 0 Å². The van der Waals surface area contributed by atoms with E-state index in [-0.39, 0.29) is 6.42 Å². The van der Waals surface area contributed by atoms with E-state index in [2.05, 4.69) is 0 Å². The molecule has 0 bridgehead atoms. The van der Waals surface area contributed by atoms with Gasteiger partial charge in [-0.3, -0.25) is 10.5 Å². The molecule has 0 heterocycles. The first-order chi connectivity index (χ1) is 6.58. The lowest BCUT2D eigenvalue weighted by molar-refractivity contribution is -0.188. The molecule has 0 saturated heterocycles. The van der Waals surface area contributed by atoms with Crippen LogP contribution in [0, 0.1) is 0 Å². The highest BCUT2D eigenvalue weighted by molar-refractivity contribution is 5.82. The molecule has 0 saturated carbocycles. The van der Waals surface area contributed by atoms with Gasteiger partial charge in [0.25, 0.3) is 5.72 Å². The van der Waals surface area contributed by atoms with E-state index in [9.17, 15) is 9.59 Å². The fourth-order valence-electron chi connectivity index (χ4n) is 0.730. The summed E-state index contributed by atoms with van der Waals surface area (Å²) in [7, 11) is 0. The molecule has 0 aromatic heterocycles. The van der Waals surface area contributed by atoms with E-state index in [1.165, 1.54) is 6.92 Å². The first-order valence-corrected chi connectivity index (χ1v) is 4.82. The topological polar surface area (TPSA) is 78.6 Å². The van der Waals surface area contributed by atoms with E-state index in [4.69, 9.17) is 15.2 Å². The van der Waals surface area contributed by atoms with E-state index < -0.39 is 23.3 Å². The first kappa shape index (κ1) is 13.9. The van der Waals surface area contributed by atoms with Gasteiger partial charge in [0.05, 0.1) is 0 Å². The minimum Gasteiger partial charge on any atom is -0.456 e. The summed E-state index contributed by atoms with van der Waals surface area (Å²) in [6.45, 7) is 8.05. The second-order valence-corrected chi connectivity index (χ2v) is 4.44. The number of rotatable bonds is 3. The largest absolute Gasteiger partial charge is 0.456 e. The molecule has 0 aliphatic carbocycles. The van der Waals surface area contributed by atoms with Gasteiger partial charge in [-0.2, -0.15) is 0 Å². The van der Waals surface area contributed by atoms with Crippen molar-refractivity contribution in [3.05, 3.63) is 0 Å². The summed E-state index contributed by atoms with van der Waals surface area (Å²) in [4.78, 5) is 22.5. The molecule has 0 aromatic rings. The molecular weight excluding hydrogens is 198 g/mol. The molecule has 0 fully saturated rings. The van der Waals surface area contributed by atoms with Crippen LogP contribution in [0.25, 0.3) is 0 Å². The zero-order chi connectivity index (χ0) is 12.3. The average molecular weight is 217 g/mol. The molecule has 0 aliphatic rings. The SMILES string of the molecule is CCC(=O)OC(C)(N)C(=O)OC(C)(C)C. The van der Waals surface area contributed by atoms with Crippen molar-refractivity contribution in [3.8, 4) is 0 Å². The van der Waals surface area contributed by atoms with Gasteiger partial charge in [-0.25, -0.2) is 4.79 Å². The quantitative estimate of drug-likeness (QED) is 0.562. The summed E-state index contributed by atoms with van der Waals surface area (Å²) in [5, 5.41) is 0. The predicted molar refractivity (Wildman–Crippen MR) is 54.8 cm³/mol. The lowest BCUT2D eigenvalue weighted by Crippen LogP contribution is -2.51. The Hall–Kier alpha value is -1.10. The van der Waals surface area contributed by atoms with Gasteiger partial charge in [0.2, 0.25) is 0 Å². The monoisotopic (exact) mass is 217 g/mol. The van der Waals surface area contributed by atoms with Gasteiger partial charge >= 0.3 is 11.9 Å². The molecule has 88 valence electrons. The molecule has 1 unspecified atom stereocenters.